The summed E-state index contributed by atoms with van der Waals surface area (Å²) in [6.07, 6.45) is 1.72. The molecule has 0 aliphatic carbocycles. The van der Waals surface area contributed by atoms with Crippen LogP contribution in [0.25, 0.3) is 0 Å². The quantitative estimate of drug-likeness (QED) is 0.840. The minimum atomic E-state index is -0.204. The Hall–Kier alpha value is -2.60. The third kappa shape index (κ3) is 4.77. The molecule has 1 unspecified atom stereocenters. The number of hydrogen-bond donors (Lipinski definition) is 1. The van der Waals surface area contributed by atoms with Crippen LogP contribution >= 0.6 is 0 Å². The van der Waals surface area contributed by atoms with Gasteiger partial charge < -0.3 is 14.8 Å². The third-order valence-corrected chi connectivity index (χ3v) is 4.89. The maximum Gasteiger partial charge on any atom is 0.228 e. The van der Waals surface area contributed by atoms with Gasteiger partial charge in [0.05, 0.1) is 25.8 Å². The first-order chi connectivity index (χ1) is 13.1. The minimum Gasteiger partial charge on any atom is -0.497 e. The van der Waals surface area contributed by atoms with Crippen molar-refractivity contribution in [3.63, 3.8) is 0 Å². The van der Waals surface area contributed by atoms with E-state index < -0.39 is 0 Å². The predicted octanol–water partition coefficient (Wildman–Crippen LogP) is 3.69. The Morgan fingerprint density at radius 2 is 2.04 bits per heavy atom. The molecule has 1 saturated heterocycles. The number of likely N-dealkylation sites (tertiary alicyclic amines) is 1. The zero-order valence-electron chi connectivity index (χ0n) is 15.7. The molecular weight excluding hydrogens is 347 g/mol. The number of nitrogens with zero attached hydrogens (tertiary/aromatic N) is 1. The van der Waals surface area contributed by atoms with Gasteiger partial charge in [0, 0.05) is 24.7 Å². The first-order valence-corrected chi connectivity index (χ1v) is 9.09. The zero-order chi connectivity index (χ0) is 19.2. The summed E-state index contributed by atoms with van der Waals surface area (Å²) in [5, 5.41) is 2.96. The largest absolute Gasteiger partial charge is 0.497 e. The van der Waals surface area contributed by atoms with Crippen molar-refractivity contribution in [1.29, 1.82) is 0 Å². The monoisotopic (exact) mass is 372 g/mol. The second kappa shape index (κ2) is 8.86. The van der Waals surface area contributed by atoms with Crippen molar-refractivity contribution in [1.82, 2.24) is 4.90 Å². The van der Waals surface area contributed by atoms with Crippen molar-refractivity contribution in [3.05, 3.63) is 53.8 Å². The highest BCUT2D eigenvalue weighted by Gasteiger charge is 2.27. The maximum absolute atomic E-state index is 13.9. The lowest BCUT2D eigenvalue weighted by Gasteiger charge is -2.32. The Kier molecular flexibility index (Phi) is 6.29. The molecule has 0 spiro atoms. The van der Waals surface area contributed by atoms with Gasteiger partial charge in [0.1, 0.15) is 17.3 Å². The van der Waals surface area contributed by atoms with E-state index in [9.17, 15) is 9.18 Å². The van der Waals surface area contributed by atoms with Crippen molar-refractivity contribution in [2.75, 3.05) is 32.6 Å². The van der Waals surface area contributed by atoms with E-state index in [4.69, 9.17) is 9.47 Å². The SMILES string of the molecule is COc1ccc(OC)c(NC(=O)C2CCCN(Cc3ccccc3F)C2)c1. The molecule has 1 amide bonds. The number of carbonyl (C=O) groups is 1. The van der Waals surface area contributed by atoms with E-state index in [0.717, 1.165) is 19.4 Å². The van der Waals surface area contributed by atoms with E-state index in [1.54, 1.807) is 44.6 Å². The Bertz CT molecular complexity index is 797. The molecule has 0 saturated carbocycles. The highest BCUT2D eigenvalue weighted by molar-refractivity contribution is 5.94. The van der Waals surface area contributed by atoms with Crippen LogP contribution in [0.4, 0.5) is 10.1 Å². The van der Waals surface area contributed by atoms with Crippen molar-refractivity contribution < 1.29 is 18.7 Å². The molecule has 0 bridgehead atoms. The van der Waals surface area contributed by atoms with Gasteiger partial charge in [-0.2, -0.15) is 0 Å². The summed E-state index contributed by atoms with van der Waals surface area (Å²) in [5.74, 6) is 0.825. The molecule has 1 aliphatic heterocycles. The molecule has 1 atom stereocenters. The fraction of sp³-hybridized carbons (Fsp3) is 0.381. The average Bonchev–Trinajstić information content (AvgIpc) is 2.70. The third-order valence-electron chi connectivity index (χ3n) is 4.89. The van der Waals surface area contributed by atoms with E-state index in [1.807, 2.05) is 6.07 Å². The van der Waals surface area contributed by atoms with E-state index in [0.29, 0.717) is 35.8 Å². The molecule has 3 rings (SSSR count). The number of nitrogens with one attached hydrogen (secondary N) is 1. The highest BCUT2D eigenvalue weighted by atomic mass is 19.1. The van der Waals surface area contributed by atoms with Gasteiger partial charge >= 0.3 is 0 Å². The lowest BCUT2D eigenvalue weighted by Crippen LogP contribution is -2.40. The first-order valence-electron chi connectivity index (χ1n) is 9.09. The van der Waals surface area contributed by atoms with Crippen LogP contribution in [-0.4, -0.2) is 38.1 Å². The Morgan fingerprint density at radius 1 is 1.22 bits per heavy atom. The van der Waals surface area contributed by atoms with Crippen LogP contribution in [-0.2, 0) is 11.3 Å². The van der Waals surface area contributed by atoms with E-state index in [-0.39, 0.29) is 17.6 Å². The molecule has 5 nitrogen and oxygen atoms in total. The first kappa shape index (κ1) is 19.2. The Morgan fingerprint density at radius 3 is 2.78 bits per heavy atom. The topological polar surface area (TPSA) is 50.8 Å². The second-order valence-electron chi connectivity index (χ2n) is 6.72. The molecule has 27 heavy (non-hydrogen) atoms. The van der Waals surface area contributed by atoms with E-state index in [2.05, 4.69) is 10.2 Å². The number of methoxy groups -OCH3 is 2. The van der Waals surface area contributed by atoms with Crippen LogP contribution in [0.5, 0.6) is 11.5 Å². The van der Waals surface area contributed by atoms with E-state index in [1.165, 1.54) is 6.07 Å². The maximum atomic E-state index is 13.9. The van der Waals surface area contributed by atoms with Gasteiger partial charge in [-0.25, -0.2) is 4.39 Å². The number of ether oxygens (including phenoxy) is 2. The zero-order valence-corrected chi connectivity index (χ0v) is 15.7. The molecule has 6 heteroatoms. The van der Waals surface area contributed by atoms with Crippen LogP contribution in [0.3, 0.4) is 0 Å². The Labute approximate surface area is 159 Å². The minimum absolute atomic E-state index is 0.0558. The standard InChI is InChI=1S/C21H25FN2O3/c1-26-17-9-10-20(27-2)19(12-17)23-21(25)16-7-5-11-24(14-16)13-15-6-3-4-8-18(15)22/h3-4,6,8-10,12,16H,5,7,11,13-14H2,1-2H3,(H,23,25). The lowest BCUT2D eigenvalue weighted by molar-refractivity contribution is -0.121. The number of amides is 1. The molecule has 0 aromatic heterocycles. The number of piperidine rings is 1. The summed E-state index contributed by atoms with van der Waals surface area (Å²) >= 11 is 0. The van der Waals surface area contributed by atoms with E-state index >= 15 is 0 Å². The number of hydrogen-bond acceptors (Lipinski definition) is 4. The van der Waals surface area contributed by atoms with Crippen LogP contribution in [0.2, 0.25) is 0 Å². The van der Waals surface area contributed by atoms with Crippen LogP contribution < -0.4 is 14.8 Å². The number of halogens is 1. The van der Waals surface area contributed by atoms with Gasteiger partial charge in [-0.05, 0) is 37.6 Å². The van der Waals surface area contributed by atoms with Crippen LogP contribution in [0.15, 0.2) is 42.5 Å². The molecule has 0 radical (unpaired) electrons. The Balaban J connectivity index is 1.66. The smallest absolute Gasteiger partial charge is 0.228 e. The van der Waals surface area contributed by atoms with Gasteiger partial charge in [0.25, 0.3) is 0 Å². The molecule has 2 aromatic rings. The van der Waals surface area contributed by atoms with Crippen molar-refractivity contribution >= 4 is 11.6 Å². The van der Waals surface area contributed by atoms with Crippen molar-refractivity contribution in [3.8, 4) is 11.5 Å². The highest BCUT2D eigenvalue weighted by Crippen LogP contribution is 2.30. The van der Waals surface area contributed by atoms with Crippen LogP contribution in [0.1, 0.15) is 18.4 Å². The summed E-state index contributed by atoms with van der Waals surface area (Å²) in [5.41, 5.74) is 1.25. The number of rotatable bonds is 6. The molecule has 1 aliphatic rings. The van der Waals surface area contributed by atoms with Gasteiger partial charge in [0.15, 0.2) is 0 Å². The number of benzene rings is 2. The lowest BCUT2D eigenvalue weighted by atomic mass is 9.96. The summed E-state index contributed by atoms with van der Waals surface area (Å²) in [7, 11) is 3.14. The average molecular weight is 372 g/mol. The summed E-state index contributed by atoms with van der Waals surface area (Å²) in [6, 6.07) is 12.1. The normalized spacial score (nSPS) is 17.4. The fourth-order valence-corrected chi connectivity index (χ4v) is 3.43. The second-order valence-corrected chi connectivity index (χ2v) is 6.72. The molecule has 1 heterocycles. The summed E-state index contributed by atoms with van der Waals surface area (Å²) in [4.78, 5) is 14.9. The molecular formula is C21H25FN2O3. The van der Waals surface area contributed by atoms with Gasteiger partial charge in [0.2, 0.25) is 5.91 Å². The van der Waals surface area contributed by atoms with Crippen LogP contribution in [0, 0.1) is 11.7 Å². The van der Waals surface area contributed by atoms with Gasteiger partial charge in [-0.1, -0.05) is 18.2 Å². The molecule has 144 valence electrons. The molecule has 2 aromatic carbocycles. The predicted molar refractivity (Wildman–Crippen MR) is 103 cm³/mol. The molecule has 1 fully saturated rings. The fourth-order valence-electron chi connectivity index (χ4n) is 3.43. The van der Waals surface area contributed by atoms with Crippen molar-refractivity contribution in [2.45, 2.75) is 19.4 Å². The van der Waals surface area contributed by atoms with Gasteiger partial charge in [-0.3, -0.25) is 9.69 Å². The summed E-state index contributed by atoms with van der Waals surface area (Å²) < 4.78 is 24.5. The molecule has 1 N–H and O–H groups in total. The number of anilines is 1. The van der Waals surface area contributed by atoms with Crippen molar-refractivity contribution in [2.24, 2.45) is 5.92 Å². The van der Waals surface area contributed by atoms with Gasteiger partial charge in [-0.15, -0.1) is 0 Å². The number of carbonyl (C=O) groups excluding carboxylic acids is 1. The summed E-state index contributed by atoms with van der Waals surface area (Å²) in [6.45, 7) is 1.98.